The second-order valence-electron chi connectivity index (χ2n) is 15.1. The van der Waals surface area contributed by atoms with Gasteiger partial charge in [0.25, 0.3) is 0 Å². The van der Waals surface area contributed by atoms with Crippen LogP contribution in [0, 0.1) is 0 Å². The molecule has 0 fully saturated rings. The summed E-state index contributed by atoms with van der Waals surface area (Å²) in [5, 5.41) is 11.8. The van der Waals surface area contributed by atoms with Crippen LogP contribution in [0.5, 0.6) is 0 Å². The van der Waals surface area contributed by atoms with E-state index in [9.17, 15) is 0 Å². The summed E-state index contributed by atoms with van der Waals surface area (Å²) in [6.07, 6.45) is 0. The zero-order valence-corrected chi connectivity index (χ0v) is 32.2. The Morgan fingerprint density at radius 3 is 1.90 bits per heavy atom. The van der Waals surface area contributed by atoms with Gasteiger partial charge in [0.1, 0.15) is 11.2 Å². The summed E-state index contributed by atoms with van der Waals surface area (Å²) in [6.45, 7) is 0. The first-order valence-electron chi connectivity index (χ1n) is 19.8. The average Bonchev–Trinajstić information content (AvgIpc) is 3.99. The normalized spacial score (nSPS) is 12.1. The van der Waals surface area contributed by atoms with Crippen LogP contribution in [-0.2, 0) is 0 Å². The second-order valence-corrected chi connectivity index (χ2v) is 16.2. The fraction of sp³-hybridized carbons (Fsp3) is 0. The van der Waals surface area contributed by atoms with E-state index in [0.29, 0.717) is 17.5 Å². The Balaban J connectivity index is 1.12. The summed E-state index contributed by atoms with van der Waals surface area (Å²) >= 11 is 1.78. The van der Waals surface area contributed by atoms with E-state index in [0.717, 1.165) is 65.4 Å². The lowest BCUT2D eigenvalue weighted by molar-refractivity contribution is 0.670. The van der Waals surface area contributed by atoms with Crippen molar-refractivity contribution >= 4 is 96.8 Å². The first kappa shape index (κ1) is 32.4. The highest BCUT2D eigenvalue weighted by Crippen LogP contribution is 2.45. The highest BCUT2D eigenvalue weighted by molar-refractivity contribution is 7.26. The van der Waals surface area contributed by atoms with Crippen LogP contribution in [0.1, 0.15) is 0 Å². The van der Waals surface area contributed by atoms with Gasteiger partial charge in [0.05, 0.1) is 16.6 Å². The van der Waals surface area contributed by atoms with E-state index in [-0.39, 0.29) is 0 Å². The van der Waals surface area contributed by atoms with Crippen molar-refractivity contribution in [2.75, 3.05) is 0 Å². The van der Waals surface area contributed by atoms with Crippen molar-refractivity contribution in [3.8, 4) is 39.9 Å². The van der Waals surface area contributed by atoms with Crippen LogP contribution in [0.3, 0.4) is 0 Å². The number of furan rings is 1. The minimum atomic E-state index is 0.561. The van der Waals surface area contributed by atoms with Crippen LogP contribution in [-0.4, -0.2) is 19.5 Å². The molecule has 0 saturated heterocycles. The molecule has 9 aromatic carbocycles. The van der Waals surface area contributed by atoms with Crippen LogP contribution in [0.15, 0.2) is 186 Å². The molecule has 274 valence electrons. The highest BCUT2D eigenvalue weighted by Gasteiger charge is 2.23. The number of para-hydroxylation sites is 2. The lowest BCUT2D eigenvalue weighted by atomic mass is 10.0. The second kappa shape index (κ2) is 12.4. The third kappa shape index (κ3) is 4.81. The molecule has 4 heterocycles. The average molecular weight is 771 g/mol. The van der Waals surface area contributed by atoms with Crippen LogP contribution in [0.2, 0.25) is 0 Å². The summed E-state index contributed by atoms with van der Waals surface area (Å²) in [6, 6.07) is 64.3. The Morgan fingerprint density at radius 2 is 1.07 bits per heavy atom. The van der Waals surface area contributed by atoms with Crippen molar-refractivity contribution < 1.29 is 4.42 Å². The van der Waals surface area contributed by atoms with Crippen molar-refractivity contribution in [1.29, 1.82) is 0 Å². The lowest BCUT2D eigenvalue weighted by Gasteiger charge is -2.13. The molecule has 0 aliphatic carbocycles. The third-order valence-corrected chi connectivity index (χ3v) is 13.0. The van der Waals surface area contributed by atoms with E-state index in [4.69, 9.17) is 19.4 Å². The van der Waals surface area contributed by atoms with E-state index in [1.807, 2.05) is 18.2 Å². The molecule has 0 unspecified atom stereocenters. The first-order chi connectivity index (χ1) is 29.2. The zero-order valence-electron chi connectivity index (χ0n) is 31.4. The lowest BCUT2D eigenvalue weighted by Crippen LogP contribution is -2.01. The molecule has 0 spiro atoms. The molecular formula is C53H30N4OS. The van der Waals surface area contributed by atoms with Crippen molar-refractivity contribution in [3.05, 3.63) is 182 Å². The number of nitrogens with zero attached hydrogens (tertiary/aromatic N) is 4. The molecule has 0 aliphatic heterocycles. The van der Waals surface area contributed by atoms with Crippen LogP contribution in [0.25, 0.3) is 125 Å². The van der Waals surface area contributed by atoms with Crippen molar-refractivity contribution in [2.24, 2.45) is 0 Å². The number of aromatic nitrogens is 4. The molecule has 6 heteroatoms. The minimum absolute atomic E-state index is 0.561. The molecule has 13 rings (SSSR count). The van der Waals surface area contributed by atoms with Gasteiger partial charge in [-0.2, -0.15) is 0 Å². The predicted octanol–water partition coefficient (Wildman–Crippen LogP) is 14.5. The van der Waals surface area contributed by atoms with Crippen molar-refractivity contribution in [3.63, 3.8) is 0 Å². The Labute approximate surface area is 341 Å². The molecule has 0 saturated carbocycles. The maximum absolute atomic E-state index is 6.73. The van der Waals surface area contributed by atoms with Gasteiger partial charge >= 0.3 is 0 Å². The van der Waals surface area contributed by atoms with Gasteiger partial charge in [0, 0.05) is 58.5 Å². The molecule has 4 aromatic heterocycles. The standard InChI is InChI=1S/C53H30N4OS/c1-2-15-33(16-3-1)51-54-52(40-22-12-21-39-48-36-18-7-5-14-32(36)26-28-45(48)58-49(39)40)56-53(55-51)42-30-34(29-41-37-19-9-11-24-46(37)59-50(41)42)57-43-23-10-8-20-38(43)47-35-17-6-4-13-31(35)25-27-44(47)57/h1-30H. The van der Waals surface area contributed by atoms with Crippen LogP contribution < -0.4 is 0 Å². The Morgan fingerprint density at radius 1 is 0.424 bits per heavy atom. The van der Waals surface area contributed by atoms with Gasteiger partial charge in [0.15, 0.2) is 17.5 Å². The number of thiophene rings is 1. The Hall–Kier alpha value is -7.67. The van der Waals surface area contributed by atoms with Crippen LogP contribution in [0.4, 0.5) is 0 Å². The maximum atomic E-state index is 6.73. The topological polar surface area (TPSA) is 56.7 Å². The summed E-state index contributed by atoms with van der Waals surface area (Å²) in [7, 11) is 0. The van der Waals surface area contributed by atoms with Crippen LogP contribution >= 0.6 is 11.3 Å². The van der Waals surface area contributed by atoms with Gasteiger partial charge in [0.2, 0.25) is 0 Å². The van der Waals surface area contributed by atoms with Gasteiger partial charge in [-0.15, -0.1) is 11.3 Å². The van der Waals surface area contributed by atoms with E-state index < -0.39 is 0 Å². The molecule has 0 radical (unpaired) electrons. The molecular weight excluding hydrogens is 741 g/mol. The predicted molar refractivity (Wildman–Crippen MR) is 246 cm³/mol. The maximum Gasteiger partial charge on any atom is 0.167 e. The number of hydrogen-bond acceptors (Lipinski definition) is 5. The molecule has 13 aromatic rings. The van der Waals surface area contributed by atoms with Gasteiger partial charge in [-0.3, -0.25) is 0 Å². The third-order valence-electron chi connectivity index (χ3n) is 11.8. The monoisotopic (exact) mass is 770 g/mol. The zero-order chi connectivity index (χ0) is 38.6. The van der Waals surface area contributed by atoms with E-state index in [2.05, 4.69) is 168 Å². The number of rotatable bonds is 4. The summed E-state index contributed by atoms with van der Waals surface area (Å²) in [5.74, 6) is 1.77. The Kier molecular flexibility index (Phi) is 6.82. The van der Waals surface area contributed by atoms with Gasteiger partial charge < -0.3 is 8.98 Å². The highest BCUT2D eigenvalue weighted by atomic mass is 32.1. The van der Waals surface area contributed by atoms with E-state index >= 15 is 0 Å². The van der Waals surface area contributed by atoms with Crippen molar-refractivity contribution in [1.82, 2.24) is 19.5 Å². The molecule has 59 heavy (non-hydrogen) atoms. The molecule has 0 amide bonds. The molecule has 0 bridgehead atoms. The molecule has 0 N–H and O–H groups in total. The molecule has 5 nitrogen and oxygen atoms in total. The molecule has 0 atom stereocenters. The number of fused-ring (bicyclic) bond motifs is 13. The first-order valence-corrected chi connectivity index (χ1v) is 20.6. The van der Waals surface area contributed by atoms with E-state index in [1.165, 1.54) is 42.4 Å². The fourth-order valence-corrected chi connectivity index (χ4v) is 10.4. The summed E-state index contributed by atoms with van der Waals surface area (Å²) in [4.78, 5) is 15.9. The SMILES string of the molecule is c1ccc(-c2nc(-c3cccc4c3oc3ccc5ccccc5c34)nc(-c3cc(-n4c5ccccc5c5c6ccccc6ccc54)cc4c3sc3ccccc34)n2)cc1. The number of benzene rings is 9. The van der Waals surface area contributed by atoms with E-state index in [1.54, 1.807) is 11.3 Å². The van der Waals surface area contributed by atoms with Gasteiger partial charge in [-0.05, 0) is 64.0 Å². The molecule has 0 aliphatic rings. The van der Waals surface area contributed by atoms with Crippen molar-refractivity contribution in [2.45, 2.75) is 0 Å². The minimum Gasteiger partial charge on any atom is -0.455 e. The van der Waals surface area contributed by atoms with Gasteiger partial charge in [-0.1, -0.05) is 140 Å². The fourth-order valence-electron chi connectivity index (χ4n) is 9.20. The number of hydrogen-bond donors (Lipinski definition) is 0. The van der Waals surface area contributed by atoms with Gasteiger partial charge in [-0.25, -0.2) is 15.0 Å². The smallest absolute Gasteiger partial charge is 0.167 e. The Bertz CT molecular complexity index is 3860. The summed E-state index contributed by atoms with van der Waals surface area (Å²) < 4.78 is 11.5. The largest absolute Gasteiger partial charge is 0.455 e. The summed E-state index contributed by atoms with van der Waals surface area (Å²) in [5.41, 5.74) is 7.63. The quantitative estimate of drug-likeness (QED) is 0.179.